The molecule has 0 radical (unpaired) electrons. The molecule has 0 unspecified atom stereocenters. The Labute approximate surface area is 143 Å². The van der Waals surface area contributed by atoms with Gasteiger partial charge >= 0.3 is 5.97 Å². The molecular formula is C17H16ClFN2O3. The van der Waals surface area contributed by atoms with Crippen molar-refractivity contribution in [2.24, 2.45) is 0 Å². The fourth-order valence-electron chi connectivity index (χ4n) is 1.99. The summed E-state index contributed by atoms with van der Waals surface area (Å²) in [7, 11) is 1.27. The molecular weight excluding hydrogens is 335 g/mol. The lowest BCUT2D eigenvalue weighted by Gasteiger charge is -2.10. The van der Waals surface area contributed by atoms with Gasteiger partial charge in [-0.15, -0.1) is 0 Å². The van der Waals surface area contributed by atoms with Crippen molar-refractivity contribution < 1.29 is 18.7 Å². The van der Waals surface area contributed by atoms with Crippen LogP contribution in [0.3, 0.4) is 0 Å². The number of rotatable bonds is 6. The van der Waals surface area contributed by atoms with E-state index in [1.54, 1.807) is 18.2 Å². The minimum atomic E-state index is -0.525. The van der Waals surface area contributed by atoms with Crippen LogP contribution < -0.4 is 10.6 Å². The van der Waals surface area contributed by atoms with Gasteiger partial charge in [0.1, 0.15) is 5.82 Å². The molecule has 0 atom stereocenters. The lowest BCUT2D eigenvalue weighted by molar-refractivity contribution is -0.115. The molecule has 7 heteroatoms. The van der Waals surface area contributed by atoms with Gasteiger partial charge in [0.15, 0.2) is 0 Å². The third-order valence-electron chi connectivity index (χ3n) is 3.20. The second-order valence-electron chi connectivity index (χ2n) is 4.89. The van der Waals surface area contributed by atoms with Gasteiger partial charge in [0.05, 0.1) is 29.1 Å². The Bertz CT molecular complexity index is 752. The minimum Gasteiger partial charge on any atom is -0.465 e. The lowest BCUT2D eigenvalue weighted by Crippen LogP contribution is -2.17. The number of anilines is 2. The monoisotopic (exact) mass is 350 g/mol. The first-order valence-electron chi connectivity index (χ1n) is 7.17. The highest BCUT2D eigenvalue weighted by Gasteiger charge is 2.11. The molecule has 0 heterocycles. The van der Waals surface area contributed by atoms with Crippen LogP contribution in [0.15, 0.2) is 42.5 Å². The van der Waals surface area contributed by atoms with Crippen LogP contribution in [0.1, 0.15) is 16.8 Å². The van der Waals surface area contributed by atoms with Gasteiger partial charge < -0.3 is 15.4 Å². The zero-order valence-corrected chi connectivity index (χ0v) is 13.7. The number of para-hydroxylation sites is 1. The van der Waals surface area contributed by atoms with Crippen LogP contribution in [0.25, 0.3) is 0 Å². The van der Waals surface area contributed by atoms with Crippen molar-refractivity contribution in [2.45, 2.75) is 6.42 Å². The van der Waals surface area contributed by atoms with Crippen molar-refractivity contribution in [3.63, 3.8) is 0 Å². The topological polar surface area (TPSA) is 67.4 Å². The van der Waals surface area contributed by atoms with Crippen molar-refractivity contribution >= 4 is 34.9 Å². The molecule has 0 aliphatic rings. The summed E-state index contributed by atoms with van der Waals surface area (Å²) in [5, 5.41) is 5.76. The highest BCUT2D eigenvalue weighted by molar-refractivity contribution is 6.33. The van der Waals surface area contributed by atoms with Gasteiger partial charge in [-0.05, 0) is 30.3 Å². The van der Waals surface area contributed by atoms with Crippen molar-refractivity contribution in [2.75, 3.05) is 24.3 Å². The number of hydrogen-bond acceptors (Lipinski definition) is 4. The zero-order valence-electron chi connectivity index (χ0n) is 12.9. The first-order valence-corrected chi connectivity index (χ1v) is 7.55. The second kappa shape index (κ2) is 8.31. The Hall–Kier alpha value is -2.60. The Kier molecular flexibility index (Phi) is 6.14. The maximum Gasteiger partial charge on any atom is 0.337 e. The number of hydrogen-bond donors (Lipinski definition) is 2. The van der Waals surface area contributed by atoms with E-state index in [1.807, 2.05) is 0 Å². The SMILES string of the molecule is COC(=O)c1ccc(Cl)c(NC(=O)CCNc2ccccc2F)c1. The molecule has 0 bridgehead atoms. The summed E-state index contributed by atoms with van der Waals surface area (Å²) in [6.07, 6.45) is 0.104. The predicted octanol–water partition coefficient (Wildman–Crippen LogP) is 3.71. The van der Waals surface area contributed by atoms with E-state index in [0.29, 0.717) is 16.4 Å². The van der Waals surface area contributed by atoms with Crippen LogP contribution in [0.2, 0.25) is 5.02 Å². The largest absolute Gasteiger partial charge is 0.465 e. The van der Waals surface area contributed by atoms with Crippen LogP contribution in [0, 0.1) is 5.82 Å². The summed E-state index contributed by atoms with van der Waals surface area (Å²) >= 11 is 6.01. The van der Waals surface area contributed by atoms with Gasteiger partial charge in [-0.25, -0.2) is 9.18 Å². The molecule has 0 spiro atoms. The average molecular weight is 351 g/mol. The Morgan fingerprint density at radius 1 is 1.17 bits per heavy atom. The number of amides is 1. The van der Waals surface area contributed by atoms with Crippen molar-refractivity contribution in [3.8, 4) is 0 Å². The molecule has 0 saturated heterocycles. The van der Waals surface area contributed by atoms with E-state index in [1.165, 1.54) is 31.4 Å². The number of carbonyl (C=O) groups is 2. The molecule has 0 fully saturated rings. The first kappa shape index (κ1) is 17.7. The Morgan fingerprint density at radius 3 is 2.62 bits per heavy atom. The van der Waals surface area contributed by atoms with Crippen molar-refractivity contribution in [1.82, 2.24) is 0 Å². The average Bonchev–Trinajstić information content (AvgIpc) is 2.58. The highest BCUT2D eigenvalue weighted by Crippen LogP contribution is 2.23. The summed E-state index contributed by atoms with van der Waals surface area (Å²) in [6, 6.07) is 10.7. The molecule has 2 rings (SSSR count). The number of benzene rings is 2. The third-order valence-corrected chi connectivity index (χ3v) is 3.53. The summed E-state index contributed by atoms with van der Waals surface area (Å²) in [6.45, 7) is 0.251. The van der Waals surface area contributed by atoms with E-state index in [9.17, 15) is 14.0 Å². The van der Waals surface area contributed by atoms with Gasteiger partial charge in [-0.1, -0.05) is 23.7 Å². The normalized spacial score (nSPS) is 10.1. The summed E-state index contributed by atoms with van der Waals surface area (Å²) in [5.74, 6) is -1.22. The van der Waals surface area contributed by atoms with E-state index < -0.39 is 5.97 Å². The highest BCUT2D eigenvalue weighted by atomic mass is 35.5. The van der Waals surface area contributed by atoms with Gasteiger partial charge in [-0.2, -0.15) is 0 Å². The van der Waals surface area contributed by atoms with Crippen LogP contribution in [-0.2, 0) is 9.53 Å². The number of nitrogens with one attached hydrogen (secondary N) is 2. The summed E-state index contributed by atoms with van der Waals surface area (Å²) in [5.41, 5.74) is 0.924. The Balaban J connectivity index is 1.92. The van der Waals surface area contributed by atoms with Crippen LogP contribution in [0.5, 0.6) is 0 Å². The molecule has 0 aliphatic heterocycles. The maximum atomic E-state index is 13.4. The molecule has 2 N–H and O–H groups in total. The fraction of sp³-hybridized carbons (Fsp3) is 0.176. The van der Waals surface area contributed by atoms with Crippen molar-refractivity contribution in [3.05, 3.63) is 58.9 Å². The molecule has 1 amide bonds. The number of carbonyl (C=O) groups excluding carboxylic acids is 2. The number of halogens is 2. The fourth-order valence-corrected chi connectivity index (χ4v) is 2.16. The van der Waals surface area contributed by atoms with E-state index >= 15 is 0 Å². The molecule has 0 saturated carbocycles. The number of ether oxygens (including phenoxy) is 1. The van der Waals surface area contributed by atoms with Gasteiger partial charge in [0.25, 0.3) is 0 Å². The van der Waals surface area contributed by atoms with Crippen LogP contribution in [-0.4, -0.2) is 25.5 Å². The molecule has 2 aromatic carbocycles. The van der Waals surface area contributed by atoms with E-state index in [0.717, 1.165) is 0 Å². The zero-order chi connectivity index (χ0) is 17.5. The van der Waals surface area contributed by atoms with Gasteiger partial charge in [0.2, 0.25) is 5.91 Å². The smallest absolute Gasteiger partial charge is 0.337 e. The van der Waals surface area contributed by atoms with Gasteiger partial charge in [0, 0.05) is 13.0 Å². The molecule has 2 aromatic rings. The Morgan fingerprint density at radius 2 is 1.92 bits per heavy atom. The number of esters is 1. The standard InChI is InChI=1S/C17H16ClFN2O3/c1-24-17(23)11-6-7-12(18)15(10-11)21-16(22)8-9-20-14-5-3-2-4-13(14)19/h2-7,10,20H,8-9H2,1H3,(H,21,22). The van der Waals surface area contributed by atoms with Gasteiger partial charge in [-0.3, -0.25) is 4.79 Å². The van der Waals surface area contributed by atoms with E-state index in [-0.39, 0.29) is 30.3 Å². The molecule has 0 aliphatic carbocycles. The maximum absolute atomic E-state index is 13.4. The lowest BCUT2D eigenvalue weighted by atomic mass is 10.2. The van der Waals surface area contributed by atoms with E-state index in [2.05, 4.69) is 15.4 Å². The first-order chi connectivity index (χ1) is 11.5. The third kappa shape index (κ3) is 4.70. The second-order valence-corrected chi connectivity index (χ2v) is 5.30. The molecule has 0 aromatic heterocycles. The summed E-state index contributed by atoms with van der Waals surface area (Å²) in [4.78, 5) is 23.5. The van der Waals surface area contributed by atoms with E-state index in [4.69, 9.17) is 11.6 Å². The summed E-state index contributed by atoms with van der Waals surface area (Å²) < 4.78 is 18.1. The van der Waals surface area contributed by atoms with Crippen LogP contribution >= 0.6 is 11.6 Å². The quantitative estimate of drug-likeness (QED) is 0.779. The molecule has 5 nitrogen and oxygen atoms in total. The predicted molar refractivity (Wildman–Crippen MR) is 90.9 cm³/mol. The van der Waals surface area contributed by atoms with Crippen LogP contribution in [0.4, 0.5) is 15.8 Å². The van der Waals surface area contributed by atoms with Crippen molar-refractivity contribution in [1.29, 1.82) is 0 Å². The number of methoxy groups -OCH3 is 1. The molecule has 24 heavy (non-hydrogen) atoms. The minimum absolute atomic E-state index is 0.104. The molecule has 126 valence electrons.